The van der Waals surface area contributed by atoms with Gasteiger partial charge in [0.15, 0.2) is 5.71 Å². The molecule has 0 amide bonds. The molecule has 0 spiro atoms. The van der Waals surface area contributed by atoms with Crippen molar-refractivity contribution in [3.05, 3.63) is 70.4 Å². The average Bonchev–Trinajstić information content (AvgIpc) is 2.95. The van der Waals surface area contributed by atoms with Crippen molar-refractivity contribution < 1.29 is 17.7 Å². The van der Waals surface area contributed by atoms with Gasteiger partial charge in [0.1, 0.15) is 7.05 Å². The van der Waals surface area contributed by atoms with Crippen LogP contribution in [0.25, 0.3) is 0 Å². The van der Waals surface area contributed by atoms with Gasteiger partial charge in [0.2, 0.25) is 5.69 Å². The Kier molecular flexibility index (Phi) is 4.29. The lowest BCUT2D eigenvalue weighted by atomic mass is 9.78. The SMILES string of the molecule is Cc1ccc2c(c1)C(C)(C)C(/C=C1/N(C)c3ccc(C(F)(F)F)cc3C1(C)C)=[N+]2C. The lowest BCUT2D eigenvalue weighted by Gasteiger charge is -2.25. The van der Waals surface area contributed by atoms with E-state index in [-0.39, 0.29) is 5.41 Å². The van der Waals surface area contributed by atoms with Crippen LogP contribution in [0.2, 0.25) is 0 Å². The van der Waals surface area contributed by atoms with Gasteiger partial charge in [-0.05, 0) is 50.6 Å². The van der Waals surface area contributed by atoms with Crippen LogP contribution < -0.4 is 4.90 Å². The zero-order chi connectivity index (χ0) is 22.2. The quantitative estimate of drug-likeness (QED) is 0.495. The molecule has 0 bridgehead atoms. The van der Waals surface area contributed by atoms with Gasteiger partial charge in [-0.1, -0.05) is 25.5 Å². The fourth-order valence-corrected chi connectivity index (χ4v) is 5.01. The van der Waals surface area contributed by atoms with E-state index < -0.39 is 17.2 Å². The van der Waals surface area contributed by atoms with Crippen LogP contribution in [0.15, 0.2) is 48.2 Å². The Hall–Kier alpha value is -2.56. The topological polar surface area (TPSA) is 6.25 Å². The van der Waals surface area contributed by atoms with Crippen molar-refractivity contribution in [3.8, 4) is 0 Å². The summed E-state index contributed by atoms with van der Waals surface area (Å²) in [6.07, 6.45) is -2.18. The van der Waals surface area contributed by atoms with Crippen molar-refractivity contribution in [1.29, 1.82) is 0 Å². The molecule has 2 nitrogen and oxygen atoms in total. The molecule has 158 valence electrons. The number of fused-ring (bicyclic) bond motifs is 2. The Morgan fingerprint density at radius 3 is 2.23 bits per heavy atom. The van der Waals surface area contributed by atoms with Crippen LogP contribution in [0, 0.1) is 6.92 Å². The third-order valence-corrected chi connectivity index (χ3v) is 6.82. The van der Waals surface area contributed by atoms with Crippen molar-refractivity contribution in [3.63, 3.8) is 0 Å². The van der Waals surface area contributed by atoms with Gasteiger partial charge in [0.25, 0.3) is 0 Å². The third kappa shape index (κ3) is 2.82. The second kappa shape index (κ2) is 6.22. The molecular formula is C25H28F3N2+. The second-order valence-electron chi connectivity index (χ2n) is 9.53. The molecule has 0 radical (unpaired) electrons. The molecule has 2 aromatic carbocycles. The first kappa shape index (κ1) is 20.7. The molecule has 2 heterocycles. The normalized spacial score (nSPS) is 20.7. The molecule has 0 aliphatic carbocycles. The summed E-state index contributed by atoms with van der Waals surface area (Å²) in [6.45, 7) is 10.5. The van der Waals surface area contributed by atoms with Gasteiger partial charge in [-0.25, -0.2) is 0 Å². The average molecular weight is 414 g/mol. The lowest BCUT2D eigenvalue weighted by molar-refractivity contribution is -0.401. The number of halogens is 3. The molecule has 0 N–H and O–H groups in total. The highest BCUT2D eigenvalue weighted by Crippen LogP contribution is 2.49. The van der Waals surface area contributed by atoms with Gasteiger partial charge in [-0.3, -0.25) is 0 Å². The van der Waals surface area contributed by atoms with Gasteiger partial charge in [-0.15, -0.1) is 0 Å². The summed E-state index contributed by atoms with van der Waals surface area (Å²) in [5.41, 5.74) is 5.99. The molecule has 0 aromatic heterocycles. The van der Waals surface area contributed by atoms with Gasteiger partial charge in [0, 0.05) is 41.6 Å². The van der Waals surface area contributed by atoms with Crippen molar-refractivity contribution in [2.24, 2.45) is 0 Å². The molecule has 5 heteroatoms. The van der Waals surface area contributed by atoms with Crippen molar-refractivity contribution in [2.45, 2.75) is 51.6 Å². The fraction of sp³-hybridized carbons (Fsp3) is 0.400. The predicted molar refractivity (Wildman–Crippen MR) is 116 cm³/mol. The molecule has 2 aliphatic rings. The third-order valence-electron chi connectivity index (χ3n) is 6.82. The zero-order valence-electron chi connectivity index (χ0n) is 18.6. The summed E-state index contributed by atoms with van der Waals surface area (Å²) >= 11 is 0. The Morgan fingerprint density at radius 1 is 0.933 bits per heavy atom. The maximum Gasteiger partial charge on any atom is 0.416 e. The van der Waals surface area contributed by atoms with E-state index in [0.29, 0.717) is 5.56 Å². The summed E-state index contributed by atoms with van der Waals surface area (Å²) in [7, 11) is 4.00. The molecule has 4 rings (SSSR count). The number of aryl methyl sites for hydroxylation is 1. The maximum atomic E-state index is 13.3. The first-order valence-electron chi connectivity index (χ1n) is 10.2. The number of allylic oxidation sites excluding steroid dienone is 2. The van der Waals surface area contributed by atoms with Crippen molar-refractivity contribution in [1.82, 2.24) is 0 Å². The van der Waals surface area contributed by atoms with E-state index >= 15 is 0 Å². The Bertz CT molecular complexity index is 1120. The summed E-state index contributed by atoms with van der Waals surface area (Å²) in [5, 5.41) is 0. The molecule has 0 saturated heterocycles. The van der Waals surface area contributed by atoms with E-state index in [9.17, 15) is 13.2 Å². The Labute approximate surface area is 176 Å². The highest BCUT2D eigenvalue weighted by atomic mass is 19.4. The molecule has 2 aliphatic heterocycles. The number of anilines is 1. The minimum atomic E-state index is -4.35. The number of hydrogen-bond donors (Lipinski definition) is 0. The number of benzene rings is 2. The lowest BCUT2D eigenvalue weighted by Crippen LogP contribution is -2.31. The van der Waals surface area contributed by atoms with Crippen molar-refractivity contribution >= 4 is 17.1 Å². The predicted octanol–water partition coefficient (Wildman–Crippen LogP) is 6.33. The maximum absolute atomic E-state index is 13.3. The van der Waals surface area contributed by atoms with Crippen LogP contribution in [0.1, 0.15) is 49.9 Å². The summed E-state index contributed by atoms with van der Waals surface area (Å²) in [4.78, 5) is 2.03. The highest BCUT2D eigenvalue weighted by molar-refractivity contribution is 6.04. The van der Waals surface area contributed by atoms with Gasteiger partial charge >= 0.3 is 6.18 Å². The molecule has 30 heavy (non-hydrogen) atoms. The Morgan fingerprint density at radius 2 is 1.60 bits per heavy atom. The van der Waals surface area contributed by atoms with E-state index in [1.54, 1.807) is 6.07 Å². The molecule has 0 unspecified atom stereocenters. The fourth-order valence-electron chi connectivity index (χ4n) is 5.01. The molecule has 0 saturated carbocycles. The summed E-state index contributed by atoms with van der Waals surface area (Å²) < 4.78 is 42.2. The summed E-state index contributed by atoms with van der Waals surface area (Å²) in [6, 6.07) is 10.6. The van der Waals surface area contributed by atoms with Crippen LogP contribution in [0.5, 0.6) is 0 Å². The minimum Gasteiger partial charge on any atom is -0.347 e. The minimum absolute atomic E-state index is 0.202. The molecule has 0 fully saturated rings. The van der Waals surface area contributed by atoms with Crippen LogP contribution in [0.4, 0.5) is 24.5 Å². The van der Waals surface area contributed by atoms with Gasteiger partial charge < -0.3 is 4.90 Å². The van der Waals surface area contributed by atoms with Crippen LogP contribution >= 0.6 is 0 Å². The second-order valence-corrected chi connectivity index (χ2v) is 9.53. The smallest absolute Gasteiger partial charge is 0.347 e. The van der Waals surface area contributed by atoms with Crippen LogP contribution in [0.3, 0.4) is 0 Å². The van der Waals surface area contributed by atoms with Crippen molar-refractivity contribution in [2.75, 3.05) is 19.0 Å². The number of likely N-dealkylation sites (N-methyl/N-ethyl adjacent to an activating group) is 1. The van der Waals surface area contributed by atoms with E-state index in [4.69, 9.17) is 0 Å². The van der Waals surface area contributed by atoms with E-state index in [0.717, 1.165) is 17.1 Å². The number of alkyl halides is 3. The van der Waals surface area contributed by atoms with Crippen LogP contribution in [-0.2, 0) is 17.0 Å². The van der Waals surface area contributed by atoms with E-state index in [1.165, 1.54) is 28.9 Å². The number of nitrogens with zero attached hydrogens (tertiary/aromatic N) is 2. The monoisotopic (exact) mass is 413 g/mol. The largest absolute Gasteiger partial charge is 0.416 e. The molecule has 2 aromatic rings. The van der Waals surface area contributed by atoms with Gasteiger partial charge in [0.05, 0.1) is 11.0 Å². The Balaban J connectivity index is 1.86. The molecular weight excluding hydrogens is 385 g/mol. The number of hydrogen-bond acceptors (Lipinski definition) is 1. The number of rotatable bonds is 1. The molecule has 0 atom stereocenters. The van der Waals surface area contributed by atoms with Gasteiger partial charge in [-0.2, -0.15) is 17.7 Å². The van der Waals surface area contributed by atoms with E-state index in [1.807, 2.05) is 25.8 Å². The van der Waals surface area contributed by atoms with E-state index in [2.05, 4.69) is 56.7 Å². The first-order chi connectivity index (χ1) is 13.8. The highest BCUT2D eigenvalue weighted by Gasteiger charge is 2.47. The summed E-state index contributed by atoms with van der Waals surface area (Å²) in [5.74, 6) is 0. The van der Waals surface area contributed by atoms with Crippen LogP contribution in [-0.4, -0.2) is 24.4 Å². The standard InChI is InChI=1S/C25H28F3N2/c1-15-8-10-19-17(12-15)23(2,3)21(29(19)6)14-22-24(4,5)18-13-16(25(26,27)28)9-11-20(18)30(22)7/h8-14H,1-7H3/q+1. The first-order valence-corrected chi connectivity index (χ1v) is 10.2. The zero-order valence-corrected chi connectivity index (χ0v) is 18.6.